The Morgan fingerprint density at radius 3 is 2.20 bits per heavy atom. The molecule has 0 spiro atoms. The van der Waals surface area contributed by atoms with Crippen LogP contribution in [0.15, 0.2) is 47.4 Å². The van der Waals surface area contributed by atoms with Crippen LogP contribution in [0.1, 0.15) is 16.7 Å². The minimum absolute atomic E-state index is 0.0238. The van der Waals surface area contributed by atoms with Crippen molar-refractivity contribution in [1.82, 2.24) is 4.31 Å². The summed E-state index contributed by atoms with van der Waals surface area (Å²) in [5.74, 6) is 0.627. The summed E-state index contributed by atoms with van der Waals surface area (Å²) in [6, 6.07) is 9.78. The number of benzene rings is 2. The average Bonchev–Trinajstić information content (AvgIpc) is 2.54. The van der Waals surface area contributed by atoms with Crippen molar-refractivity contribution < 1.29 is 26.3 Å². The summed E-state index contributed by atoms with van der Waals surface area (Å²) in [5, 5.41) is 0. The van der Waals surface area contributed by atoms with Crippen molar-refractivity contribution in [2.45, 2.75) is 24.5 Å². The Bertz CT molecular complexity index is 846. The minimum atomic E-state index is -4.61. The Kier molecular flexibility index (Phi) is 5.43. The van der Waals surface area contributed by atoms with E-state index in [4.69, 9.17) is 4.74 Å². The number of aryl methyl sites for hydroxylation is 1. The second kappa shape index (κ2) is 7.05. The van der Waals surface area contributed by atoms with Crippen LogP contribution in [0, 0.1) is 6.92 Å². The molecule has 0 aliphatic rings. The number of rotatable bonds is 5. The average molecular weight is 373 g/mol. The first kappa shape index (κ1) is 19.3. The van der Waals surface area contributed by atoms with Crippen molar-refractivity contribution in [3.63, 3.8) is 0 Å². The third kappa shape index (κ3) is 4.32. The van der Waals surface area contributed by atoms with Crippen LogP contribution in [0.4, 0.5) is 13.2 Å². The van der Waals surface area contributed by atoms with Crippen LogP contribution in [-0.2, 0) is 22.7 Å². The van der Waals surface area contributed by atoms with Crippen LogP contribution in [0.2, 0.25) is 0 Å². The van der Waals surface area contributed by atoms with Gasteiger partial charge in [0.15, 0.2) is 0 Å². The summed E-state index contributed by atoms with van der Waals surface area (Å²) in [6.07, 6.45) is -4.61. The number of methoxy groups -OCH3 is 1. The van der Waals surface area contributed by atoms with Crippen molar-refractivity contribution in [1.29, 1.82) is 0 Å². The molecule has 2 rings (SSSR count). The number of ether oxygens (including phenoxy) is 1. The van der Waals surface area contributed by atoms with E-state index in [1.54, 1.807) is 24.3 Å². The largest absolute Gasteiger partial charge is 0.497 e. The molecule has 0 N–H and O–H groups in total. The zero-order valence-electron chi connectivity index (χ0n) is 14.0. The highest BCUT2D eigenvalue weighted by atomic mass is 32.2. The molecule has 0 bridgehead atoms. The Balaban J connectivity index is 2.30. The van der Waals surface area contributed by atoms with Crippen molar-refractivity contribution in [3.05, 3.63) is 59.2 Å². The van der Waals surface area contributed by atoms with Crippen molar-refractivity contribution in [2.24, 2.45) is 0 Å². The van der Waals surface area contributed by atoms with Gasteiger partial charge in [-0.25, -0.2) is 8.42 Å². The third-order valence-electron chi connectivity index (χ3n) is 3.79. The second-order valence-corrected chi connectivity index (χ2v) is 7.63. The monoisotopic (exact) mass is 373 g/mol. The van der Waals surface area contributed by atoms with E-state index < -0.39 is 21.8 Å². The van der Waals surface area contributed by atoms with E-state index in [9.17, 15) is 21.6 Å². The van der Waals surface area contributed by atoms with Gasteiger partial charge in [0.25, 0.3) is 0 Å². The highest BCUT2D eigenvalue weighted by Gasteiger charge is 2.34. The molecule has 8 heteroatoms. The van der Waals surface area contributed by atoms with Crippen molar-refractivity contribution >= 4 is 10.0 Å². The smallest absolute Gasteiger partial charge is 0.416 e. The fraction of sp³-hybridized carbons (Fsp3) is 0.294. The molecule has 0 aliphatic carbocycles. The molecule has 25 heavy (non-hydrogen) atoms. The predicted molar refractivity (Wildman–Crippen MR) is 87.8 cm³/mol. The molecule has 0 heterocycles. The van der Waals surface area contributed by atoms with Crippen molar-refractivity contribution in [2.75, 3.05) is 14.2 Å². The number of halogens is 3. The number of hydrogen-bond donors (Lipinski definition) is 0. The number of nitrogens with zero attached hydrogens (tertiary/aromatic N) is 1. The van der Waals surface area contributed by atoms with Gasteiger partial charge in [0, 0.05) is 13.6 Å². The molecule has 0 radical (unpaired) electrons. The van der Waals surface area contributed by atoms with E-state index in [2.05, 4.69) is 0 Å². The molecular weight excluding hydrogens is 355 g/mol. The summed E-state index contributed by atoms with van der Waals surface area (Å²) in [6.45, 7) is 1.32. The first-order valence-electron chi connectivity index (χ1n) is 7.33. The molecule has 0 unspecified atom stereocenters. The first-order chi connectivity index (χ1) is 11.6. The summed E-state index contributed by atoms with van der Waals surface area (Å²) in [4.78, 5) is -0.388. The van der Waals surface area contributed by atoms with Crippen LogP contribution in [-0.4, -0.2) is 26.9 Å². The van der Waals surface area contributed by atoms with E-state index in [1.165, 1.54) is 27.1 Å². The lowest BCUT2D eigenvalue weighted by molar-refractivity contribution is -0.138. The lowest BCUT2D eigenvalue weighted by atomic mass is 10.1. The fourth-order valence-electron chi connectivity index (χ4n) is 2.32. The fourth-order valence-corrected chi connectivity index (χ4v) is 3.51. The number of hydrogen-bond acceptors (Lipinski definition) is 3. The maximum atomic E-state index is 13.0. The molecule has 136 valence electrons. The van der Waals surface area contributed by atoms with Gasteiger partial charge in [-0.3, -0.25) is 0 Å². The Morgan fingerprint density at radius 1 is 1.08 bits per heavy atom. The lowest BCUT2D eigenvalue weighted by Gasteiger charge is -2.19. The third-order valence-corrected chi connectivity index (χ3v) is 5.59. The van der Waals surface area contributed by atoms with Crippen LogP contribution in [0.25, 0.3) is 0 Å². The van der Waals surface area contributed by atoms with Gasteiger partial charge in [-0.05, 0) is 42.3 Å². The summed E-state index contributed by atoms with van der Waals surface area (Å²) in [5.41, 5.74) is -0.286. The molecule has 0 aliphatic heterocycles. The molecule has 0 saturated heterocycles. The van der Waals surface area contributed by atoms with Crippen LogP contribution >= 0.6 is 0 Å². The quantitative estimate of drug-likeness (QED) is 0.800. The van der Waals surface area contributed by atoms with Gasteiger partial charge in [-0.15, -0.1) is 0 Å². The standard InChI is InChI=1S/C17H18F3NO3S/c1-12-4-9-15(10-16(12)17(18,19)20)25(22,23)21(2)11-13-5-7-14(24-3)8-6-13/h4-10H,11H2,1-3H3. The maximum absolute atomic E-state index is 13.0. The van der Waals surface area contributed by atoms with Gasteiger partial charge >= 0.3 is 6.18 Å². The van der Waals surface area contributed by atoms with Crippen molar-refractivity contribution in [3.8, 4) is 5.75 Å². The second-order valence-electron chi connectivity index (χ2n) is 5.58. The van der Waals surface area contributed by atoms with Gasteiger partial charge < -0.3 is 4.74 Å². The number of alkyl halides is 3. The van der Waals surface area contributed by atoms with Gasteiger partial charge in [-0.2, -0.15) is 17.5 Å². The van der Waals surface area contributed by atoms with Gasteiger partial charge in [0.2, 0.25) is 10.0 Å². The molecule has 0 aromatic heterocycles. The van der Waals surface area contributed by atoms with E-state index in [0.717, 1.165) is 10.4 Å². The molecule has 0 atom stereocenters. The van der Waals surface area contributed by atoms with E-state index in [1.807, 2.05) is 0 Å². The summed E-state index contributed by atoms with van der Waals surface area (Å²) >= 11 is 0. The Labute approximate surface area is 144 Å². The molecule has 2 aromatic rings. The summed E-state index contributed by atoms with van der Waals surface area (Å²) < 4.78 is 70.3. The normalized spacial score (nSPS) is 12.4. The van der Waals surface area contributed by atoms with Gasteiger partial charge in [0.1, 0.15) is 5.75 Å². The van der Waals surface area contributed by atoms with E-state index in [0.29, 0.717) is 17.4 Å². The van der Waals surface area contributed by atoms with Crippen LogP contribution in [0.3, 0.4) is 0 Å². The molecule has 0 amide bonds. The highest BCUT2D eigenvalue weighted by molar-refractivity contribution is 7.89. The zero-order chi connectivity index (χ0) is 18.8. The highest BCUT2D eigenvalue weighted by Crippen LogP contribution is 2.33. The molecule has 4 nitrogen and oxygen atoms in total. The Morgan fingerprint density at radius 2 is 1.68 bits per heavy atom. The lowest BCUT2D eigenvalue weighted by Crippen LogP contribution is -2.27. The number of sulfonamides is 1. The Hall–Kier alpha value is -2.06. The van der Waals surface area contributed by atoms with Gasteiger partial charge in [-0.1, -0.05) is 18.2 Å². The molecule has 0 fully saturated rings. The zero-order valence-corrected chi connectivity index (χ0v) is 14.8. The van der Waals surface area contributed by atoms with Gasteiger partial charge in [0.05, 0.1) is 17.6 Å². The van der Waals surface area contributed by atoms with E-state index >= 15 is 0 Å². The molecule has 0 saturated carbocycles. The van der Waals surface area contributed by atoms with Crippen LogP contribution < -0.4 is 4.74 Å². The predicted octanol–water partition coefficient (Wildman–Crippen LogP) is 3.84. The summed E-state index contributed by atoms with van der Waals surface area (Å²) in [7, 11) is -1.21. The van der Waals surface area contributed by atoms with E-state index in [-0.39, 0.29) is 17.0 Å². The first-order valence-corrected chi connectivity index (χ1v) is 8.77. The SMILES string of the molecule is COc1ccc(CN(C)S(=O)(=O)c2ccc(C)c(C(F)(F)F)c2)cc1. The minimum Gasteiger partial charge on any atom is -0.497 e. The topological polar surface area (TPSA) is 46.6 Å². The van der Waals surface area contributed by atoms with Crippen LogP contribution in [0.5, 0.6) is 5.75 Å². The molecule has 2 aromatic carbocycles. The molecular formula is C17H18F3NO3S. The maximum Gasteiger partial charge on any atom is 0.416 e.